The van der Waals surface area contributed by atoms with Gasteiger partial charge in [-0.1, -0.05) is 25.1 Å². The number of para-hydroxylation sites is 1. The second kappa shape index (κ2) is 6.77. The maximum Gasteiger partial charge on any atom is 0.276 e. The number of aryl methyl sites for hydroxylation is 2. The lowest BCUT2D eigenvalue weighted by molar-refractivity contribution is 0.102. The summed E-state index contributed by atoms with van der Waals surface area (Å²) in [5.74, 6) is 0.406. The van der Waals surface area contributed by atoms with Gasteiger partial charge in [0.05, 0.1) is 0 Å². The van der Waals surface area contributed by atoms with E-state index in [1.165, 1.54) is 0 Å². The summed E-state index contributed by atoms with van der Waals surface area (Å²) in [6.45, 7) is 10.2. The molecule has 122 valence electrons. The van der Waals surface area contributed by atoms with Gasteiger partial charge in [-0.25, -0.2) is 0 Å². The van der Waals surface area contributed by atoms with E-state index in [1.54, 1.807) is 12.1 Å². The summed E-state index contributed by atoms with van der Waals surface area (Å²) in [5.41, 5.74) is 3.21. The van der Waals surface area contributed by atoms with Crippen molar-refractivity contribution in [1.82, 2.24) is 10.2 Å². The molecule has 0 unspecified atom stereocenters. The van der Waals surface area contributed by atoms with E-state index in [0.717, 1.165) is 23.2 Å². The highest BCUT2D eigenvalue weighted by Gasteiger charge is 2.14. The number of carbonyl (C=O) groups excluding carboxylic acids is 1. The highest BCUT2D eigenvalue weighted by atomic mass is 16.1. The van der Waals surface area contributed by atoms with Crippen LogP contribution in [-0.4, -0.2) is 21.6 Å². The second-order valence-corrected chi connectivity index (χ2v) is 6.60. The number of aromatic nitrogens is 2. The van der Waals surface area contributed by atoms with Crippen molar-refractivity contribution >= 4 is 17.4 Å². The number of carbonyl (C=O) groups is 1. The SMILES string of the molecule is CCc1cccc(C)c1NC(=O)c1ccc(NC(C)(C)C)nn1. The minimum Gasteiger partial charge on any atom is -0.364 e. The van der Waals surface area contributed by atoms with Crippen molar-refractivity contribution in [1.29, 1.82) is 0 Å². The first-order chi connectivity index (χ1) is 10.8. The van der Waals surface area contributed by atoms with Gasteiger partial charge in [0, 0.05) is 11.2 Å². The van der Waals surface area contributed by atoms with Gasteiger partial charge in [-0.05, 0) is 57.4 Å². The van der Waals surface area contributed by atoms with E-state index in [-0.39, 0.29) is 11.4 Å². The third kappa shape index (κ3) is 4.52. The fourth-order valence-corrected chi connectivity index (χ4v) is 2.28. The molecular weight excluding hydrogens is 288 g/mol. The summed E-state index contributed by atoms with van der Waals surface area (Å²) in [5, 5.41) is 14.3. The number of amides is 1. The predicted octanol–water partition coefficient (Wildman–Crippen LogP) is 3.81. The largest absolute Gasteiger partial charge is 0.364 e. The fraction of sp³-hybridized carbons (Fsp3) is 0.389. The summed E-state index contributed by atoms with van der Waals surface area (Å²) < 4.78 is 0. The number of hydrogen-bond donors (Lipinski definition) is 2. The molecule has 0 aliphatic heterocycles. The molecule has 0 fully saturated rings. The van der Waals surface area contributed by atoms with E-state index >= 15 is 0 Å². The number of benzene rings is 1. The van der Waals surface area contributed by atoms with Crippen LogP contribution in [0.2, 0.25) is 0 Å². The fourth-order valence-electron chi connectivity index (χ4n) is 2.28. The van der Waals surface area contributed by atoms with Crippen LogP contribution in [0, 0.1) is 6.92 Å². The molecule has 0 aliphatic carbocycles. The van der Waals surface area contributed by atoms with E-state index in [4.69, 9.17) is 0 Å². The van der Waals surface area contributed by atoms with Gasteiger partial charge in [0.15, 0.2) is 5.69 Å². The molecule has 5 heteroatoms. The molecule has 0 aliphatic rings. The van der Waals surface area contributed by atoms with Crippen LogP contribution in [0.5, 0.6) is 0 Å². The van der Waals surface area contributed by atoms with Gasteiger partial charge < -0.3 is 10.6 Å². The monoisotopic (exact) mass is 312 g/mol. The van der Waals surface area contributed by atoms with Crippen LogP contribution >= 0.6 is 0 Å². The van der Waals surface area contributed by atoms with Crippen molar-refractivity contribution < 1.29 is 4.79 Å². The highest BCUT2D eigenvalue weighted by molar-refractivity contribution is 6.03. The molecule has 2 rings (SSSR count). The van der Waals surface area contributed by atoms with Crippen LogP contribution in [0.25, 0.3) is 0 Å². The van der Waals surface area contributed by atoms with Crippen LogP contribution in [0.1, 0.15) is 49.3 Å². The zero-order chi connectivity index (χ0) is 17.0. The lowest BCUT2D eigenvalue weighted by Gasteiger charge is -2.20. The Hall–Kier alpha value is -2.43. The first-order valence-corrected chi connectivity index (χ1v) is 7.82. The molecule has 1 aromatic carbocycles. The van der Waals surface area contributed by atoms with Crippen molar-refractivity contribution in [2.75, 3.05) is 10.6 Å². The summed E-state index contributed by atoms with van der Waals surface area (Å²) in [6, 6.07) is 9.45. The van der Waals surface area contributed by atoms with Crippen molar-refractivity contribution in [3.63, 3.8) is 0 Å². The molecule has 1 amide bonds. The van der Waals surface area contributed by atoms with Gasteiger partial charge in [0.25, 0.3) is 5.91 Å². The molecule has 0 atom stereocenters. The van der Waals surface area contributed by atoms with Gasteiger partial charge in [-0.2, -0.15) is 0 Å². The average molecular weight is 312 g/mol. The van der Waals surface area contributed by atoms with Gasteiger partial charge in [-0.15, -0.1) is 10.2 Å². The second-order valence-electron chi connectivity index (χ2n) is 6.60. The number of rotatable bonds is 4. The molecule has 0 saturated carbocycles. The lowest BCUT2D eigenvalue weighted by Crippen LogP contribution is -2.27. The Morgan fingerprint density at radius 3 is 2.43 bits per heavy atom. The Kier molecular flexibility index (Phi) is 4.98. The van der Waals surface area contributed by atoms with E-state index in [9.17, 15) is 4.79 Å². The molecule has 0 saturated heterocycles. The first kappa shape index (κ1) is 16.9. The summed E-state index contributed by atoms with van der Waals surface area (Å²) in [6.07, 6.45) is 0.859. The maximum absolute atomic E-state index is 12.4. The predicted molar refractivity (Wildman–Crippen MR) is 93.9 cm³/mol. The summed E-state index contributed by atoms with van der Waals surface area (Å²) in [4.78, 5) is 12.4. The quantitative estimate of drug-likeness (QED) is 0.901. The van der Waals surface area contributed by atoms with Gasteiger partial charge >= 0.3 is 0 Å². The Balaban J connectivity index is 2.16. The smallest absolute Gasteiger partial charge is 0.276 e. The van der Waals surface area contributed by atoms with Gasteiger partial charge in [-0.3, -0.25) is 4.79 Å². The van der Waals surface area contributed by atoms with Crippen LogP contribution in [0.4, 0.5) is 11.5 Å². The Morgan fingerprint density at radius 1 is 1.13 bits per heavy atom. The maximum atomic E-state index is 12.4. The molecule has 1 aromatic heterocycles. The third-order valence-corrected chi connectivity index (χ3v) is 3.38. The molecule has 0 spiro atoms. The van der Waals surface area contributed by atoms with Gasteiger partial charge in [0.1, 0.15) is 5.82 Å². The lowest BCUT2D eigenvalue weighted by atomic mass is 10.1. The Labute approximate surface area is 137 Å². The van der Waals surface area contributed by atoms with Crippen LogP contribution < -0.4 is 10.6 Å². The highest BCUT2D eigenvalue weighted by Crippen LogP contribution is 2.21. The zero-order valence-electron chi connectivity index (χ0n) is 14.4. The van der Waals surface area contributed by atoms with Crippen molar-refractivity contribution in [2.45, 2.75) is 46.6 Å². The Morgan fingerprint density at radius 2 is 1.87 bits per heavy atom. The molecule has 2 N–H and O–H groups in total. The van der Waals surface area contributed by atoms with E-state index in [2.05, 4.69) is 27.8 Å². The van der Waals surface area contributed by atoms with E-state index in [1.807, 2.05) is 45.9 Å². The topological polar surface area (TPSA) is 66.9 Å². The molecule has 2 aromatic rings. The summed E-state index contributed by atoms with van der Waals surface area (Å²) >= 11 is 0. The van der Waals surface area contributed by atoms with E-state index < -0.39 is 0 Å². The van der Waals surface area contributed by atoms with Crippen molar-refractivity contribution in [3.8, 4) is 0 Å². The first-order valence-electron chi connectivity index (χ1n) is 7.82. The van der Waals surface area contributed by atoms with Crippen molar-refractivity contribution in [2.24, 2.45) is 0 Å². The number of hydrogen-bond acceptors (Lipinski definition) is 4. The van der Waals surface area contributed by atoms with Crippen LogP contribution in [0.15, 0.2) is 30.3 Å². The molecule has 1 heterocycles. The normalized spacial score (nSPS) is 11.2. The van der Waals surface area contributed by atoms with Crippen molar-refractivity contribution in [3.05, 3.63) is 47.2 Å². The molecule has 23 heavy (non-hydrogen) atoms. The third-order valence-electron chi connectivity index (χ3n) is 3.38. The molecular formula is C18H24N4O. The minimum atomic E-state index is -0.246. The average Bonchev–Trinajstić information content (AvgIpc) is 2.48. The number of nitrogens with zero attached hydrogens (tertiary/aromatic N) is 2. The zero-order valence-corrected chi connectivity index (χ0v) is 14.4. The van der Waals surface area contributed by atoms with Crippen LogP contribution in [-0.2, 0) is 6.42 Å². The summed E-state index contributed by atoms with van der Waals surface area (Å²) in [7, 11) is 0. The molecule has 0 bridgehead atoms. The van der Waals surface area contributed by atoms with E-state index in [0.29, 0.717) is 11.5 Å². The minimum absolute atomic E-state index is 0.102. The molecule has 0 radical (unpaired) electrons. The Bertz CT molecular complexity index is 687. The number of anilines is 2. The standard InChI is InChI=1S/C18H24N4O/c1-6-13-9-7-8-12(2)16(13)19-17(23)14-10-11-15(22-21-14)20-18(3,4)5/h7-11H,6H2,1-5H3,(H,19,23)(H,20,22). The van der Waals surface area contributed by atoms with Gasteiger partial charge in [0.2, 0.25) is 0 Å². The number of nitrogens with one attached hydrogen (secondary N) is 2. The molecule has 5 nitrogen and oxygen atoms in total. The van der Waals surface area contributed by atoms with Crippen LogP contribution in [0.3, 0.4) is 0 Å².